The molecule has 0 fully saturated rings. The predicted octanol–water partition coefficient (Wildman–Crippen LogP) is 3.12. The van der Waals surface area contributed by atoms with E-state index in [-0.39, 0.29) is 11.9 Å². The molecule has 1 atom stereocenters. The molecule has 1 aliphatic rings. The zero-order valence-corrected chi connectivity index (χ0v) is 10.3. The third kappa shape index (κ3) is 1.37. The number of hydrogen-bond donors (Lipinski definition) is 1. The number of aromatic amines is 1. The molecule has 1 aromatic heterocycles. The number of aromatic nitrogens is 1. The lowest BCUT2D eigenvalue weighted by molar-refractivity contribution is 0.0533. The van der Waals surface area contributed by atoms with Gasteiger partial charge in [-0.1, -0.05) is 0 Å². The Morgan fingerprint density at radius 2 is 2.33 bits per heavy atom. The highest BCUT2D eigenvalue weighted by Crippen LogP contribution is 2.36. The second-order valence-electron chi connectivity index (χ2n) is 4.69. The first kappa shape index (κ1) is 11.2. The molecule has 1 aromatic carbocycles. The van der Waals surface area contributed by atoms with Gasteiger partial charge in [0.15, 0.2) is 0 Å². The van der Waals surface area contributed by atoms with Gasteiger partial charge in [-0.15, -0.1) is 0 Å². The molecule has 0 saturated carbocycles. The van der Waals surface area contributed by atoms with Gasteiger partial charge >= 0.3 is 0 Å². The van der Waals surface area contributed by atoms with E-state index >= 15 is 0 Å². The van der Waals surface area contributed by atoms with Gasteiger partial charge in [-0.2, -0.15) is 5.26 Å². The molecule has 4 heteroatoms. The van der Waals surface area contributed by atoms with Crippen molar-refractivity contribution in [2.24, 2.45) is 0 Å². The molecule has 1 aliphatic heterocycles. The van der Waals surface area contributed by atoms with Crippen LogP contribution in [0.4, 0.5) is 4.39 Å². The van der Waals surface area contributed by atoms with Crippen LogP contribution in [0.15, 0.2) is 6.07 Å². The van der Waals surface area contributed by atoms with Crippen LogP contribution in [0.25, 0.3) is 10.9 Å². The Morgan fingerprint density at radius 1 is 1.56 bits per heavy atom. The zero-order chi connectivity index (χ0) is 12.9. The summed E-state index contributed by atoms with van der Waals surface area (Å²) in [7, 11) is 0. The maximum absolute atomic E-state index is 14.0. The zero-order valence-electron chi connectivity index (χ0n) is 10.3. The molecular formula is C14H13FN2O. The summed E-state index contributed by atoms with van der Waals surface area (Å²) in [6, 6.07) is 3.60. The fraction of sp³-hybridized carbons (Fsp3) is 0.357. The van der Waals surface area contributed by atoms with Crippen molar-refractivity contribution in [3.63, 3.8) is 0 Å². The number of halogens is 1. The first-order valence-electron chi connectivity index (χ1n) is 5.98. The summed E-state index contributed by atoms with van der Waals surface area (Å²) in [5.74, 6) is -0.303. The molecule has 0 radical (unpaired) electrons. The Morgan fingerprint density at radius 3 is 3.06 bits per heavy atom. The van der Waals surface area contributed by atoms with Crippen LogP contribution in [0.2, 0.25) is 0 Å². The van der Waals surface area contributed by atoms with E-state index in [0.29, 0.717) is 23.3 Å². The summed E-state index contributed by atoms with van der Waals surface area (Å²) in [6.45, 7) is 4.31. The largest absolute Gasteiger partial charge is 0.372 e. The summed E-state index contributed by atoms with van der Waals surface area (Å²) in [6.07, 6.45) is 0.643. The second-order valence-corrected chi connectivity index (χ2v) is 4.69. The number of rotatable bonds is 0. The third-order valence-electron chi connectivity index (χ3n) is 3.60. The molecular weight excluding hydrogens is 231 g/mol. The molecule has 0 saturated heterocycles. The van der Waals surface area contributed by atoms with Gasteiger partial charge in [0.25, 0.3) is 0 Å². The molecule has 3 nitrogen and oxygen atoms in total. The SMILES string of the molecule is Cc1cc(F)c2[nH]c3c(c2c1C#N)CCOC3C. The smallest absolute Gasteiger partial charge is 0.147 e. The van der Waals surface area contributed by atoms with Crippen molar-refractivity contribution in [2.75, 3.05) is 6.61 Å². The Balaban J connectivity index is 2.46. The van der Waals surface area contributed by atoms with E-state index in [0.717, 1.165) is 23.1 Å². The molecule has 18 heavy (non-hydrogen) atoms. The Hall–Kier alpha value is -1.86. The van der Waals surface area contributed by atoms with Crippen LogP contribution in [0.3, 0.4) is 0 Å². The van der Waals surface area contributed by atoms with E-state index in [2.05, 4.69) is 11.1 Å². The summed E-state index contributed by atoms with van der Waals surface area (Å²) in [5.41, 5.74) is 3.61. The lowest BCUT2D eigenvalue weighted by atomic mass is 9.97. The predicted molar refractivity (Wildman–Crippen MR) is 65.8 cm³/mol. The molecule has 1 N–H and O–H groups in total. The highest BCUT2D eigenvalue weighted by Gasteiger charge is 2.25. The monoisotopic (exact) mass is 244 g/mol. The lowest BCUT2D eigenvalue weighted by Crippen LogP contribution is -2.13. The molecule has 92 valence electrons. The van der Waals surface area contributed by atoms with Crippen LogP contribution in [-0.4, -0.2) is 11.6 Å². The van der Waals surface area contributed by atoms with Crippen LogP contribution in [0.1, 0.15) is 35.4 Å². The normalized spacial score (nSPS) is 18.7. The quantitative estimate of drug-likeness (QED) is 0.774. The van der Waals surface area contributed by atoms with Crippen molar-refractivity contribution in [3.8, 4) is 6.07 Å². The van der Waals surface area contributed by atoms with Crippen molar-refractivity contribution in [3.05, 3.63) is 34.3 Å². The number of benzene rings is 1. The van der Waals surface area contributed by atoms with Gasteiger partial charge < -0.3 is 9.72 Å². The van der Waals surface area contributed by atoms with Crippen LogP contribution in [0, 0.1) is 24.1 Å². The van der Waals surface area contributed by atoms with Gasteiger partial charge in [-0.3, -0.25) is 0 Å². The highest BCUT2D eigenvalue weighted by atomic mass is 19.1. The average molecular weight is 244 g/mol. The number of nitriles is 1. The third-order valence-corrected chi connectivity index (χ3v) is 3.60. The van der Waals surface area contributed by atoms with Gasteiger partial charge in [0.1, 0.15) is 11.9 Å². The minimum Gasteiger partial charge on any atom is -0.372 e. The highest BCUT2D eigenvalue weighted by molar-refractivity contribution is 5.92. The Labute approximate surface area is 104 Å². The molecule has 2 heterocycles. The van der Waals surface area contributed by atoms with Gasteiger partial charge in [0, 0.05) is 11.1 Å². The first-order valence-corrected chi connectivity index (χ1v) is 5.98. The second kappa shape index (κ2) is 3.82. The molecule has 2 aromatic rings. The fourth-order valence-corrected chi connectivity index (χ4v) is 2.72. The molecule has 0 bridgehead atoms. The molecule has 3 rings (SSSR count). The summed E-state index contributed by atoms with van der Waals surface area (Å²) < 4.78 is 19.5. The molecule has 0 spiro atoms. The van der Waals surface area contributed by atoms with Crippen LogP contribution in [-0.2, 0) is 11.2 Å². The van der Waals surface area contributed by atoms with Crippen LogP contribution >= 0.6 is 0 Å². The van der Waals surface area contributed by atoms with Crippen molar-refractivity contribution in [1.82, 2.24) is 4.98 Å². The van der Waals surface area contributed by atoms with E-state index in [9.17, 15) is 9.65 Å². The number of H-pyrrole nitrogens is 1. The molecule has 1 unspecified atom stereocenters. The van der Waals surface area contributed by atoms with Gasteiger partial charge in [-0.25, -0.2) is 4.39 Å². The van der Waals surface area contributed by atoms with E-state index in [4.69, 9.17) is 4.74 Å². The topological polar surface area (TPSA) is 48.8 Å². The number of aryl methyl sites for hydroxylation is 1. The van der Waals surface area contributed by atoms with Crippen molar-refractivity contribution in [1.29, 1.82) is 5.26 Å². The Kier molecular flexibility index (Phi) is 2.39. The van der Waals surface area contributed by atoms with Gasteiger partial charge in [0.05, 0.1) is 23.8 Å². The maximum Gasteiger partial charge on any atom is 0.147 e. The van der Waals surface area contributed by atoms with E-state index in [1.165, 1.54) is 6.07 Å². The van der Waals surface area contributed by atoms with Crippen molar-refractivity contribution < 1.29 is 9.13 Å². The fourth-order valence-electron chi connectivity index (χ4n) is 2.72. The number of hydrogen-bond acceptors (Lipinski definition) is 2. The Bertz CT molecular complexity index is 681. The first-order chi connectivity index (χ1) is 8.63. The van der Waals surface area contributed by atoms with E-state index in [1.807, 2.05) is 6.92 Å². The van der Waals surface area contributed by atoms with Crippen molar-refractivity contribution >= 4 is 10.9 Å². The number of ether oxygens (including phenoxy) is 1. The number of nitrogens with one attached hydrogen (secondary N) is 1. The summed E-state index contributed by atoms with van der Waals surface area (Å²) >= 11 is 0. The summed E-state index contributed by atoms with van der Waals surface area (Å²) in [5, 5.41) is 10.0. The summed E-state index contributed by atoms with van der Waals surface area (Å²) in [4.78, 5) is 3.08. The minimum atomic E-state index is -0.303. The molecule has 0 amide bonds. The molecule has 0 aliphatic carbocycles. The average Bonchev–Trinajstić information content (AvgIpc) is 2.71. The maximum atomic E-state index is 14.0. The van der Waals surface area contributed by atoms with Crippen LogP contribution < -0.4 is 0 Å². The van der Waals surface area contributed by atoms with Gasteiger partial charge in [0.2, 0.25) is 0 Å². The van der Waals surface area contributed by atoms with E-state index < -0.39 is 0 Å². The number of nitrogens with zero attached hydrogens (tertiary/aromatic N) is 1. The standard InChI is InChI=1S/C14H13FN2O/c1-7-5-11(15)14-12(10(7)6-16)9-3-4-18-8(2)13(9)17-14/h5,8,17H,3-4H2,1-2H3. The van der Waals surface area contributed by atoms with Gasteiger partial charge in [-0.05, 0) is 37.5 Å². The lowest BCUT2D eigenvalue weighted by Gasteiger charge is -2.19. The van der Waals surface area contributed by atoms with E-state index in [1.54, 1.807) is 6.92 Å². The van der Waals surface area contributed by atoms with Crippen LogP contribution in [0.5, 0.6) is 0 Å². The van der Waals surface area contributed by atoms with Crippen molar-refractivity contribution in [2.45, 2.75) is 26.4 Å². The minimum absolute atomic E-state index is 0.0765. The number of fused-ring (bicyclic) bond motifs is 3.